The van der Waals surface area contributed by atoms with Crippen LogP contribution in [0.4, 0.5) is 5.69 Å². The third kappa shape index (κ3) is 4.79. The van der Waals surface area contributed by atoms with E-state index in [4.69, 9.17) is 16.3 Å². The molecule has 0 aliphatic rings. The van der Waals surface area contributed by atoms with Crippen LogP contribution in [0, 0.1) is 0 Å². The number of pyridine rings is 1. The quantitative estimate of drug-likeness (QED) is 0.249. The van der Waals surface area contributed by atoms with Crippen molar-refractivity contribution in [2.24, 2.45) is 11.6 Å². The maximum Gasteiger partial charge on any atom is 0.244 e. The van der Waals surface area contributed by atoms with Crippen LogP contribution in [0.3, 0.4) is 0 Å². The minimum Gasteiger partial charge on any atom is -0.370 e. The number of carbonyl (C=O) groups excluding carboxylic acids is 1. The second-order valence-corrected chi connectivity index (χ2v) is 5.17. The Morgan fingerprint density at radius 1 is 1.47 bits per heavy atom. The Kier molecular flexibility index (Phi) is 5.63. The Morgan fingerprint density at radius 3 is 2.84 bits per heavy atom. The summed E-state index contributed by atoms with van der Waals surface area (Å²) in [6.07, 6.45) is 2.58. The van der Waals surface area contributed by atoms with Crippen molar-refractivity contribution in [3.63, 3.8) is 0 Å². The van der Waals surface area contributed by atoms with Gasteiger partial charge >= 0.3 is 0 Å². The van der Waals surface area contributed by atoms with Crippen LogP contribution < -0.4 is 21.7 Å². The lowest BCUT2D eigenvalue weighted by Gasteiger charge is -2.10. The molecule has 0 saturated carbocycles. The van der Waals surface area contributed by atoms with E-state index in [2.05, 4.69) is 15.1 Å². The van der Waals surface area contributed by atoms with Crippen molar-refractivity contribution < 1.29 is 17.9 Å². The molecule has 1 aromatic rings. The van der Waals surface area contributed by atoms with Crippen LogP contribution in [0.25, 0.3) is 0 Å². The number of carbonyl (C=O) groups is 1. The zero-order valence-electron chi connectivity index (χ0n) is 10.00. The molecule has 6 N–H and O–H groups in total. The number of anilines is 1. The van der Waals surface area contributed by atoms with Gasteiger partial charge in [0.1, 0.15) is 11.5 Å². The van der Waals surface area contributed by atoms with E-state index in [-0.39, 0.29) is 30.3 Å². The van der Waals surface area contributed by atoms with Crippen molar-refractivity contribution in [1.29, 1.82) is 0 Å². The Hall–Kier alpha value is -1.75. The second kappa shape index (κ2) is 6.99. The smallest absolute Gasteiger partial charge is 0.244 e. The lowest BCUT2D eigenvalue weighted by molar-refractivity contribution is -0.122. The molecular formula is C9H15N5O4S. The molecule has 9 nitrogen and oxygen atoms in total. The number of primary amides is 1. The van der Waals surface area contributed by atoms with E-state index < -0.39 is 15.9 Å². The molecule has 10 heteroatoms. The minimum absolute atomic E-state index is 0.00544. The molecule has 1 heterocycles. The van der Waals surface area contributed by atoms with Gasteiger partial charge in [-0.3, -0.25) is 15.6 Å². The summed E-state index contributed by atoms with van der Waals surface area (Å²) in [5, 5.41) is 0. The fraction of sp³-hybridized carbons (Fsp3) is 0.333. The van der Waals surface area contributed by atoms with Crippen molar-refractivity contribution in [3.8, 4) is 0 Å². The molecular weight excluding hydrogens is 274 g/mol. The summed E-state index contributed by atoms with van der Waals surface area (Å²) in [5.74, 6) is 4.59. The van der Waals surface area contributed by atoms with Crippen molar-refractivity contribution in [1.82, 2.24) is 9.71 Å². The van der Waals surface area contributed by atoms with Crippen LogP contribution in [0.15, 0.2) is 23.4 Å². The van der Waals surface area contributed by atoms with Gasteiger partial charge in [0.15, 0.2) is 0 Å². The molecule has 0 saturated heterocycles. The van der Waals surface area contributed by atoms with E-state index in [9.17, 15) is 13.2 Å². The molecule has 0 aromatic carbocycles. The molecule has 0 spiro atoms. The number of nitrogens with zero attached hydrogens (tertiary/aromatic N) is 1. The van der Waals surface area contributed by atoms with Gasteiger partial charge in [-0.15, -0.1) is 0 Å². The fourth-order valence-electron chi connectivity index (χ4n) is 1.21. The number of nitrogens with one attached hydrogen (secondary N) is 2. The van der Waals surface area contributed by atoms with Gasteiger partial charge in [-0.25, -0.2) is 13.1 Å². The number of ether oxygens (including phenoxy) is 1. The standard InChI is InChI=1S/C9H15N5O4S/c10-9(15)6-18-4-3-13-19(16,17)8-5-12-2-1-7(8)14-11/h1-2,5,13H,3-4,6,11H2,(H2,10,15)(H,12,14). The van der Waals surface area contributed by atoms with Crippen LogP contribution >= 0.6 is 0 Å². The topological polar surface area (TPSA) is 149 Å². The SMILES string of the molecule is NNc1ccncc1S(=O)(=O)NCCOCC(N)=O. The first kappa shape index (κ1) is 15.3. The van der Waals surface area contributed by atoms with Crippen molar-refractivity contribution in [2.45, 2.75) is 4.90 Å². The number of nitrogens with two attached hydrogens (primary N) is 2. The van der Waals surface area contributed by atoms with Crippen molar-refractivity contribution in [2.75, 3.05) is 25.2 Å². The molecule has 0 aliphatic carbocycles. The monoisotopic (exact) mass is 289 g/mol. The molecule has 1 amide bonds. The van der Waals surface area contributed by atoms with Gasteiger partial charge in [-0.05, 0) is 6.07 Å². The number of aromatic nitrogens is 1. The number of amides is 1. The first-order chi connectivity index (χ1) is 8.97. The first-order valence-electron chi connectivity index (χ1n) is 5.23. The Morgan fingerprint density at radius 2 is 2.21 bits per heavy atom. The van der Waals surface area contributed by atoms with Crippen molar-refractivity contribution in [3.05, 3.63) is 18.5 Å². The molecule has 0 fully saturated rings. The number of rotatable bonds is 8. The average molecular weight is 289 g/mol. The maximum atomic E-state index is 11.9. The van der Waals surface area contributed by atoms with Crippen LogP contribution in [0.5, 0.6) is 0 Å². The van der Waals surface area contributed by atoms with E-state index >= 15 is 0 Å². The third-order valence-electron chi connectivity index (χ3n) is 2.01. The van der Waals surface area contributed by atoms with Gasteiger partial charge in [-0.2, -0.15) is 0 Å². The van der Waals surface area contributed by atoms with Gasteiger partial charge in [0.25, 0.3) is 0 Å². The van der Waals surface area contributed by atoms with Crippen molar-refractivity contribution >= 4 is 21.6 Å². The predicted molar refractivity (Wildman–Crippen MR) is 67.2 cm³/mol. The molecule has 0 radical (unpaired) electrons. The summed E-state index contributed by atoms with van der Waals surface area (Å²) in [6, 6.07) is 1.43. The van der Waals surface area contributed by atoms with E-state index in [0.717, 1.165) is 0 Å². The van der Waals surface area contributed by atoms with Crippen LogP contribution in [0.1, 0.15) is 0 Å². The lowest BCUT2D eigenvalue weighted by atomic mass is 10.4. The van der Waals surface area contributed by atoms with E-state index in [1.165, 1.54) is 18.5 Å². The number of hydrazine groups is 1. The Labute approximate surface area is 110 Å². The number of hydrogen-bond acceptors (Lipinski definition) is 7. The average Bonchev–Trinajstić information content (AvgIpc) is 2.37. The number of hydrogen-bond donors (Lipinski definition) is 4. The minimum atomic E-state index is -3.75. The maximum absolute atomic E-state index is 11.9. The molecule has 0 unspecified atom stereocenters. The first-order valence-corrected chi connectivity index (χ1v) is 6.72. The summed E-state index contributed by atoms with van der Waals surface area (Å²) in [6.45, 7) is -0.243. The van der Waals surface area contributed by atoms with E-state index in [1.54, 1.807) is 0 Å². The molecule has 1 aromatic heterocycles. The Bertz CT molecular complexity index is 533. The summed E-state index contributed by atoms with van der Waals surface area (Å²) < 4.78 is 30.9. The molecule has 0 aliphatic heterocycles. The largest absolute Gasteiger partial charge is 0.370 e. The van der Waals surface area contributed by atoms with Gasteiger partial charge < -0.3 is 15.9 Å². The highest BCUT2D eigenvalue weighted by atomic mass is 32.2. The normalized spacial score (nSPS) is 11.2. The zero-order valence-corrected chi connectivity index (χ0v) is 10.8. The molecule has 0 bridgehead atoms. The highest BCUT2D eigenvalue weighted by Crippen LogP contribution is 2.17. The van der Waals surface area contributed by atoms with Crippen LogP contribution in [-0.2, 0) is 19.6 Å². The molecule has 106 valence electrons. The summed E-state index contributed by atoms with van der Waals surface area (Å²) >= 11 is 0. The highest BCUT2D eigenvalue weighted by Gasteiger charge is 2.17. The van der Waals surface area contributed by atoms with Gasteiger partial charge in [0.2, 0.25) is 15.9 Å². The van der Waals surface area contributed by atoms with Crippen LogP contribution in [-0.4, -0.2) is 39.1 Å². The lowest BCUT2D eigenvalue weighted by Crippen LogP contribution is -2.30. The predicted octanol–water partition coefficient (Wildman–Crippen LogP) is -1.85. The summed E-state index contributed by atoms with van der Waals surface area (Å²) in [5.41, 5.74) is 7.35. The number of nitrogen functional groups attached to an aromatic ring is 1. The number of sulfonamides is 1. The third-order valence-corrected chi connectivity index (χ3v) is 3.50. The second-order valence-electron chi connectivity index (χ2n) is 3.43. The van der Waals surface area contributed by atoms with Gasteiger partial charge in [0.05, 0.1) is 12.3 Å². The van der Waals surface area contributed by atoms with Crippen LogP contribution in [0.2, 0.25) is 0 Å². The zero-order chi connectivity index (χ0) is 14.3. The molecule has 1 rings (SSSR count). The highest BCUT2D eigenvalue weighted by molar-refractivity contribution is 7.89. The van der Waals surface area contributed by atoms with Gasteiger partial charge in [0, 0.05) is 18.9 Å². The summed E-state index contributed by atoms with van der Waals surface area (Å²) in [7, 11) is -3.75. The van der Waals surface area contributed by atoms with Gasteiger partial charge in [-0.1, -0.05) is 0 Å². The summed E-state index contributed by atoms with van der Waals surface area (Å²) in [4.78, 5) is 14.0. The molecule has 19 heavy (non-hydrogen) atoms. The fourth-order valence-corrected chi connectivity index (χ4v) is 2.34. The van der Waals surface area contributed by atoms with E-state index in [0.29, 0.717) is 0 Å². The molecule has 0 atom stereocenters. The Balaban J connectivity index is 2.59. The van der Waals surface area contributed by atoms with E-state index in [1.807, 2.05) is 0 Å².